The maximum Gasteiger partial charge on any atom is 0.341 e. The molecular weight excluding hydrogens is 402 g/mol. The first kappa shape index (κ1) is 22.5. The van der Waals surface area contributed by atoms with E-state index in [0.29, 0.717) is 29.3 Å². The molecule has 0 fully saturated rings. The van der Waals surface area contributed by atoms with Gasteiger partial charge >= 0.3 is 11.9 Å². The van der Waals surface area contributed by atoms with E-state index in [4.69, 9.17) is 4.74 Å². The van der Waals surface area contributed by atoms with Gasteiger partial charge < -0.3 is 15.2 Å². The van der Waals surface area contributed by atoms with Gasteiger partial charge in [-0.05, 0) is 55.9 Å². The Morgan fingerprint density at radius 3 is 2.47 bits per heavy atom. The van der Waals surface area contributed by atoms with E-state index in [9.17, 15) is 19.5 Å². The monoisotopic (exact) mass is 433 g/mol. The number of nitrogens with one attached hydrogen (secondary N) is 1. The van der Waals surface area contributed by atoms with Crippen molar-refractivity contribution < 1.29 is 24.2 Å². The molecule has 2 aliphatic rings. The fourth-order valence-electron chi connectivity index (χ4n) is 4.41. The molecular formula is C23H31NO5S. The normalized spacial score (nSPS) is 23.5. The van der Waals surface area contributed by atoms with Crippen molar-refractivity contribution in [2.75, 3.05) is 11.9 Å². The Balaban J connectivity index is 1.91. The number of carboxylic acids is 1. The molecule has 164 valence electrons. The Morgan fingerprint density at radius 2 is 1.87 bits per heavy atom. The minimum absolute atomic E-state index is 0.165. The lowest BCUT2D eigenvalue weighted by Crippen LogP contribution is -2.34. The van der Waals surface area contributed by atoms with Crippen molar-refractivity contribution in [2.24, 2.45) is 23.2 Å². The van der Waals surface area contributed by atoms with Crippen LogP contribution in [0.5, 0.6) is 0 Å². The lowest BCUT2D eigenvalue weighted by atomic mass is 9.72. The van der Waals surface area contributed by atoms with E-state index in [1.54, 1.807) is 6.92 Å². The van der Waals surface area contributed by atoms with Crippen LogP contribution in [0.15, 0.2) is 12.2 Å². The molecule has 1 aromatic rings. The zero-order chi connectivity index (χ0) is 22.1. The maximum atomic E-state index is 13.0. The molecule has 6 nitrogen and oxygen atoms in total. The number of ether oxygens (including phenoxy) is 1. The van der Waals surface area contributed by atoms with Crippen LogP contribution in [0.4, 0.5) is 5.00 Å². The summed E-state index contributed by atoms with van der Waals surface area (Å²) in [7, 11) is 0. The molecule has 3 rings (SSSR count). The van der Waals surface area contributed by atoms with Crippen LogP contribution in [0, 0.1) is 23.2 Å². The summed E-state index contributed by atoms with van der Waals surface area (Å²) in [6, 6.07) is 0. The van der Waals surface area contributed by atoms with E-state index in [1.165, 1.54) is 11.3 Å². The Bertz CT molecular complexity index is 864. The smallest absolute Gasteiger partial charge is 0.341 e. The zero-order valence-corrected chi connectivity index (χ0v) is 18.9. The van der Waals surface area contributed by atoms with Gasteiger partial charge in [-0.3, -0.25) is 9.59 Å². The fourth-order valence-corrected chi connectivity index (χ4v) is 5.73. The Hall–Kier alpha value is -2.15. The summed E-state index contributed by atoms with van der Waals surface area (Å²) in [6.45, 7) is 8.71. The molecule has 0 unspecified atom stereocenters. The summed E-state index contributed by atoms with van der Waals surface area (Å²) in [5.41, 5.74) is 1.60. The molecule has 7 heteroatoms. The van der Waals surface area contributed by atoms with Crippen molar-refractivity contribution >= 4 is 34.2 Å². The number of amides is 1. The number of rotatable bonds is 5. The van der Waals surface area contributed by atoms with E-state index in [-0.39, 0.29) is 17.9 Å². The van der Waals surface area contributed by atoms with Crippen molar-refractivity contribution in [1.82, 2.24) is 0 Å². The summed E-state index contributed by atoms with van der Waals surface area (Å²) >= 11 is 1.44. The van der Waals surface area contributed by atoms with E-state index >= 15 is 0 Å². The number of anilines is 1. The van der Waals surface area contributed by atoms with Crippen molar-refractivity contribution in [3.05, 3.63) is 28.2 Å². The Morgan fingerprint density at radius 1 is 1.20 bits per heavy atom. The number of aliphatic carboxylic acids is 1. The van der Waals surface area contributed by atoms with Gasteiger partial charge in [0.1, 0.15) is 5.00 Å². The standard InChI is InChI=1S/C23H31NO5S/c1-5-29-22(28)18-16-11-10-13(23(2,3)4)12-17(16)30-20(18)24-19(25)14-8-6-7-9-15(14)21(26)27/h6-7,13-15H,5,8-12H2,1-4H3,(H,24,25)(H,26,27)/t13-,14-,15-/m1/s1. The van der Waals surface area contributed by atoms with Gasteiger partial charge in [-0.2, -0.15) is 0 Å². The topological polar surface area (TPSA) is 92.7 Å². The minimum Gasteiger partial charge on any atom is -0.481 e. The van der Waals surface area contributed by atoms with E-state index in [2.05, 4.69) is 26.1 Å². The summed E-state index contributed by atoms with van der Waals surface area (Å²) in [5.74, 6) is -2.63. The highest BCUT2D eigenvalue weighted by Crippen LogP contribution is 2.44. The first-order chi connectivity index (χ1) is 14.1. The van der Waals surface area contributed by atoms with Crippen LogP contribution >= 0.6 is 11.3 Å². The highest BCUT2D eigenvalue weighted by atomic mass is 32.1. The molecule has 30 heavy (non-hydrogen) atoms. The van der Waals surface area contributed by atoms with Gasteiger partial charge in [-0.25, -0.2) is 4.79 Å². The number of hydrogen-bond donors (Lipinski definition) is 2. The van der Waals surface area contributed by atoms with Gasteiger partial charge in [0, 0.05) is 4.88 Å². The lowest BCUT2D eigenvalue weighted by Gasteiger charge is -2.33. The molecule has 0 saturated carbocycles. The lowest BCUT2D eigenvalue weighted by molar-refractivity contribution is -0.146. The first-order valence-corrected chi connectivity index (χ1v) is 11.4. The number of carboxylic acid groups (broad SMARTS) is 1. The summed E-state index contributed by atoms with van der Waals surface area (Å²) in [5, 5.41) is 12.9. The van der Waals surface area contributed by atoms with Crippen molar-refractivity contribution in [1.29, 1.82) is 0 Å². The van der Waals surface area contributed by atoms with Crippen molar-refractivity contribution in [2.45, 2.75) is 59.8 Å². The molecule has 1 amide bonds. The third kappa shape index (κ3) is 4.61. The van der Waals surface area contributed by atoms with Gasteiger partial charge in [0.2, 0.25) is 5.91 Å². The number of allylic oxidation sites excluding steroid dienone is 2. The van der Waals surface area contributed by atoms with Crippen LogP contribution in [0.25, 0.3) is 0 Å². The Kier molecular flexibility index (Phi) is 6.70. The van der Waals surface area contributed by atoms with Crippen molar-refractivity contribution in [3.63, 3.8) is 0 Å². The zero-order valence-electron chi connectivity index (χ0n) is 18.1. The second-order valence-electron chi connectivity index (χ2n) is 9.22. The molecule has 0 bridgehead atoms. The molecule has 1 aromatic heterocycles. The molecule has 0 aromatic carbocycles. The number of thiophene rings is 1. The van der Waals surface area contributed by atoms with Crippen LogP contribution in [0.1, 0.15) is 67.8 Å². The predicted octanol–water partition coefficient (Wildman–Crippen LogP) is 4.68. The largest absolute Gasteiger partial charge is 0.481 e. The SMILES string of the molecule is CCOC(=O)c1c(NC(=O)[C@@H]2CC=CC[C@H]2C(=O)O)sc2c1CC[C@@H](C(C)(C)C)C2. The molecule has 0 radical (unpaired) electrons. The average Bonchev–Trinajstić information content (AvgIpc) is 3.04. The molecule has 2 N–H and O–H groups in total. The van der Waals surface area contributed by atoms with Gasteiger partial charge in [0.25, 0.3) is 0 Å². The highest BCUT2D eigenvalue weighted by Gasteiger charge is 2.37. The van der Waals surface area contributed by atoms with E-state index in [0.717, 1.165) is 29.7 Å². The summed E-state index contributed by atoms with van der Waals surface area (Å²) in [6.07, 6.45) is 7.02. The first-order valence-electron chi connectivity index (χ1n) is 10.6. The Labute approximate surface area is 181 Å². The minimum atomic E-state index is -0.969. The molecule has 1 heterocycles. The quantitative estimate of drug-likeness (QED) is 0.519. The van der Waals surface area contributed by atoms with Crippen LogP contribution in [-0.4, -0.2) is 29.6 Å². The van der Waals surface area contributed by atoms with Gasteiger partial charge in [0.05, 0.1) is 24.0 Å². The molecule has 0 spiro atoms. The maximum absolute atomic E-state index is 13.0. The number of carbonyl (C=O) groups excluding carboxylic acids is 2. The van der Waals surface area contributed by atoms with Gasteiger partial charge in [0.15, 0.2) is 0 Å². The van der Waals surface area contributed by atoms with E-state index in [1.807, 2.05) is 12.2 Å². The predicted molar refractivity (Wildman–Crippen MR) is 117 cm³/mol. The van der Waals surface area contributed by atoms with Crippen LogP contribution in [0.3, 0.4) is 0 Å². The van der Waals surface area contributed by atoms with Gasteiger partial charge in [-0.1, -0.05) is 32.9 Å². The second kappa shape index (κ2) is 8.92. The molecule has 0 saturated heterocycles. The molecule has 3 atom stereocenters. The molecule has 2 aliphatic carbocycles. The van der Waals surface area contributed by atoms with E-state index < -0.39 is 23.8 Å². The van der Waals surface area contributed by atoms with Crippen LogP contribution in [-0.2, 0) is 27.2 Å². The molecule has 0 aliphatic heterocycles. The summed E-state index contributed by atoms with van der Waals surface area (Å²) < 4.78 is 5.28. The third-order valence-corrected chi connectivity index (χ3v) is 7.46. The van der Waals surface area contributed by atoms with Gasteiger partial charge in [-0.15, -0.1) is 11.3 Å². The fraction of sp³-hybridized carbons (Fsp3) is 0.609. The third-order valence-electron chi connectivity index (χ3n) is 6.29. The second-order valence-corrected chi connectivity index (χ2v) is 10.3. The van der Waals surface area contributed by atoms with Crippen LogP contribution < -0.4 is 5.32 Å². The number of carbonyl (C=O) groups is 3. The summed E-state index contributed by atoms with van der Waals surface area (Å²) in [4.78, 5) is 38.4. The van der Waals surface area contributed by atoms with Crippen molar-refractivity contribution in [3.8, 4) is 0 Å². The van der Waals surface area contributed by atoms with Crippen LogP contribution in [0.2, 0.25) is 0 Å². The number of hydrogen-bond acceptors (Lipinski definition) is 5. The number of esters is 1. The highest BCUT2D eigenvalue weighted by molar-refractivity contribution is 7.17. The number of fused-ring (bicyclic) bond motifs is 1. The average molecular weight is 434 g/mol.